The van der Waals surface area contributed by atoms with Crippen molar-refractivity contribution in [3.8, 4) is 11.4 Å². The van der Waals surface area contributed by atoms with Crippen LogP contribution in [0, 0.1) is 6.92 Å². The van der Waals surface area contributed by atoms with Gasteiger partial charge in [-0.15, -0.1) is 0 Å². The molecule has 0 bridgehead atoms. The van der Waals surface area contributed by atoms with Crippen molar-refractivity contribution in [1.82, 2.24) is 19.9 Å². The van der Waals surface area contributed by atoms with E-state index in [9.17, 15) is 9.90 Å². The lowest BCUT2D eigenvalue weighted by molar-refractivity contribution is 0.0832. The zero-order chi connectivity index (χ0) is 23.5. The highest BCUT2D eigenvalue weighted by Crippen LogP contribution is 2.27. The molecule has 4 aromatic rings. The number of aliphatic hydroxyl groups is 1. The summed E-state index contributed by atoms with van der Waals surface area (Å²) < 4.78 is 0. The van der Waals surface area contributed by atoms with Crippen molar-refractivity contribution >= 4 is 22.3 Å². The highest BCUT2D eigenvalue weighted by Gasteiger charge is 2.16. The smallest absolute Gasteiger partial charge is 0.259 e. The molecule has 4 heterocycles. The molecule has 0 aliphatic carbocycles. The van der Waals surface area contributed by atoms with E-state index in [4.69, 9.17) is 4.98 Å². The Balaban J connectivity index is 1.38. The molecule has 0 amide bonds. The summed E-state index contributed by atoms with van der Waals surface area (Å²) in [6.45, 7) is 4.86. The molecule has 1 saturated heterocycles. The van der Waals surface area contributed by atoms with Gasteiger partial charge in [-0.1, -0.05) is 18.2 Å². The average molecular weight is 456 g/mol. The van der Waals surface area contributed by atoms with Gasteiger partial charge < -0.3 is 20.3 Å². The van der Waals surface area contributed by atoms with Gasteiger partial charge in [0, 0.05) is 37.2 Å². The number of piperidine rings is 1. The van der Waals surface area contributed by atoms with E-state index in [1.165, 1.54) is 5.56 Å². The van der Waals surface area contributed by atoms with Crippen molar-refractivity contribution in [1.29, 1.82) is 0 Å². The van der Waals surface area contributed by atoms with Crippen LogP contribution in [-0.4, -0.2) is 50.7 Å². The number of aliphatic hydroxyl groups excluding tert-OH is 1. The maximum atomic E-state index is 12.6. The fourth-order valence-electron chi connectivity index (χ4n) is 4.44. The molecule has 0 unspecified atom stereocenters. The lowest BCUT2D eigenvalue weighted by Crippen LogP contribution is -2.37. The number of anilines is 2. The highest BCUT2D eigenvalue weighted by molar-refractivity contribution is 5.94. The van der Waals surface area contributed by atoms with Crippen molar-refractivity contribution in [3.63, 3.8) is 0 Å². The Bertz CT molecular complexity index is 1340. The van der Waals surface area contributed by atoms with Gasteiger partial charge in [0.05, 0.1) is 22.9 Å². The third kappa shape index (κ3) is 5.00. The minimum atomic E-state index is -0.181. The predicted molar refractivity (Wildman–Crippen MR) is 135 cm³/mol. The van der Waals surface area contributed by atoms with Crippen LogP contribution in [0.2, 0.25) is 0 Å². The fraction of sp³-hybridized carbons (Fsp3) is 0.296. The van der Waals surface area contributed by atoms with E-state index < -0.39 is 0 Å². The number of rotatable bonds is 6. The summed E-state index contributed by atoms with van der Waals surface area (Å²) in [4.78, 5) is 27.2. The minimum Gasteiger partial charge on any atom is -0.393 e. The number of pyridine rings is 3. The van der Waals surface area contributed by atoms with E-state index in [0.29, 0.717) is 16.9 Å². The molecule has 7 heteroatoms. The second kappa shape index (κ2) is 9.75. The molecule has 0 radical (unpaired) electrons. The predicted octanol–water partition coefficient (Wildman–Crippen LogP) is 4.04. The normalized spacial score (nSPS) is 15.0. The molecule has 3 aromatic heterocycles. The first-order chi connectivity index (χ1) is 16.5. The van der Waals surface area contributed by atoms with Crippen LogP contribution in [0.1, 0.15) is 24.1 Å². The third-order valence-electron chi connectivity index (χ3n) is 6.40. The molecule has 1 fully saturated rings. The summed E-state index contributed by atoms with van der Waals surface area (Å²) >= 11 is 0. The maximum Gasteiger partial charge on any atom is 0.259 e. The molecule has 7 nitrogen and oxygen atoms in total. The summed E-state index contributed by atoms with van der Waals surface area (Å²) in [6.07, 6.45) is 4.20. The Morgan fingerprint density at radius 3 is 2.62 bits per heavy atom. The molecule has 0 atom stereocenters. The van der Waals surface area contributed by atoms with E-state index in [0.717, 1.165) is 61.4 Å². The maximum absolute atomic E-state index is 12.6. The highest BCUT2D eigenvalue weighted by atomic mass is 16.3. The van der Waals surface area contributed by atoms with Gasteiger partial charge in [-0.05, 0) is 73.5 Å². The number of likely N-dealkylation sites (tertiary alicyclic amines) is 1. The quantitative estimate of drug-likeness (QED) is 0.406. The zero-order valence-electron chi connectivity index (χ0n) is 19.3. The number of aryl methyl sites for hydroxylation is 1. The van der Waals surface area contributed by atoms with Gasteiger partial charge in [0.25, 0.3) is 5.56 Å². The summed E-state index contributed by atoms with van der Waals surface area (Å²) in [5.74, 6) is 0.511. The van der Waals surface area contributed by atoms with Crippen molar-refractivity contribution < 1.29 is 5.11 Å². The number of hydrogen-bond donors (Lipinski definition) is 3. The second-order valence-corrected chi connectivity index (χ2v) is 8.94. The standard InChI is InChI=1S/C27H29N5O2/c1-18-3-2-4-23(29-18)24-17-20-9-13-28-27(34)25(20)26(31-24)30-21-7-5-19(6-8-21)10-14-32-15-11-22(33)12-16-32/h2-9,13,17,22,33H,10-12,14-16H2,1H3,(H,28,34)(H,30,31). The van der Waals surface area contributed by atoms with Crippen molar-refractivity contribution in [2.45, 2.75) is 32.3 Å². The van der Waals surface area contributed by atoms with Gasteiger partial charge in [-0.3, -0.25) is 9.78 Å². The molecule has 34 heavy (non-hydrogen) atoms. The summed E-state index contributed by atoms with van der Waals surface area (Å²) in [5.41, 5.74) is 4.34. The van der Waals surface area contributed by atoms with Crippen molar-refractivity contribution in [2.75, 3.05) is 25.0 Å². The summed E-state index contributed by atoms with van der Waals surface area (Å²) in [5, 5.41) is 14.4. The molecule has 0 saturated carbocycles. The molecule has 3 N–H and O–H groups in total. The van der Waals surface area contributed by atoms with E-state index in [2.05, 4.69) is 32.3 Å². The van der Waals surface area contributed by atoms with Crippen LogP contribution in [-0.2, 0) is 6.42 Å². The summed E-state index contributed by atoms with van der Waals surface area (Å²) in [7, 11) is 0. The number of benzene rings is 1. The van der Waals surface area contributed by atoms with Crippen LogP contribution >= 0.6 is 0 Å². The minimum absolute atomic E-state index is 0.140. The lowest BCUT2D eigenvalue weighted by Gasteiger charge is -2.29. The molecular formula is C27H29N5O2. The van der Waals surface area contributed by atoms with E-state index in [1.807, 2.05) is 49.4 Å². The summed E-state index contributed by atoms with van der Waals surface area (Å²) in [6, 6.07) is 17.9. The van der Waals surface area contributed by atoms with Crippen LogP contribution in [0.4, 0.5) is 11.5 Å². The molecular weight excluding hydrogens is 426 g/mol. The molecule has 1 aliphatic rings. The van der Waals surface area contributed by atoms with Gasteiger partial charge in [0.15, 0.2) is 0 Å². The van der Waals surface area contributed by atoms with Gasteiger partial charge >= 0.3 is 0 Å². The number of aromatic nitrogens is 3. The lowest BCUT2D eigenvalue weighted by atomic mass is 10.1. The van der Waals surface area contributed by atoms with Crippen LogP contribution in [0.5, 0.6) is 0 Å². The molecule has 1 aliphatic heterocycles. The zero-order valence-corrected chi connectivity index (χ0v) is 19.3. The van der Waals surface area contributed by atoms with Crippen LogP contribution < -0.4 is 10.9 Å². The van der Waals surface area contributed by atoms with E-state index in [1.54, 1.807) is 6.20 Å². The monoisotopic (exact) mass is 455 g/mol. The number of hydrogen-bond acceptors (Lipinski definition) is 6. The number of aromatic amines is 1. The van der Waals surface area contributed by atoms with Crippen molar-refractivity contribution in [2.24, 2.45) is 0 Å². The number of H-pyrrole nitrogens is 1. The largest absolute Gasteiger partial charge is 0.393 e. The van der Waals surface area contributed by atoms with Crippen LogP contribution in [0.3, 0.4) is 0 Å². The third-order valence-corrected chi connectivity index (χ3v) is 6.40. The topological polar surface area (TPSA) is 94.1 Å². The fourth-order valence-corrected chi connectivity index (χ4v) is 4.44. The SMILES string of the molecule is Cc1cccc(-c2cc3cc[nH]c(=O)c3c(Nc3ccc(CCN4CCC(O)CC4)cc3)n2)n1. The second-order valence-electron chi connectivity index (χ2n) is 8.94. The Morgan fingerprint density at radius 2 is 1.85 bits per heavy atom. The van der Waals surface area contributed by atoms with Crippen molar-refractivity contribution in [3.05, 3.63) is 82.4 Å². The molecule has 5 rings (SSSR count). The van der Waals surface area contributed by atoms with Gasteiger partial charge in [0.1, 0.15) is 5.82 Å². The molecule has 1 aromatic carbocycles. The average Bonchev–Trinajstić information content (AvgIpc) is 2.84. The van der Waals surface area contributed by atoms with Crippen LogP contribution in [0.25, 0.3) is 22.2 Å². The Hall–Kier alpha value is -3.55. The first-order valence-corrected chi connectivity index (χ1v) is 11.8. The first kappa shape index (κ1) is 22.3. The number of nitrogens with one attached hydrogen (secondary N) is 2. The van der Waals surface area contributed by atoms with Crippen LogP contribution in [0.15, 0.2) is 65.6 Å². The Morgan fingerprint density at radius 1 is 1.06 bits per heavy atom. The number of fused-ring (bicyclic) bond motifs is 1. The van der Waals surface area contributed by atoms with E-state index in [-0.39, 0.29) is 11.7 Å². The molecule has 174 valence electrons. The number of nitrogens with zero attached hydrogens (tertiary/aromatic N) is 3. The van der Waals surface area contributed by atoms with E-state index >= 15 is 0 Å². The Kier molecular flexibility index (Phi) is 6.38. The van der Waals surface area contributed by atoms with Gasteiger partial charge in [-0.25, -0.2) is 4.98 Å². The molecule has 0 spiro atoms. The Labute approximate surface area is 198 Å². The first-order valence-electron chi connectivity index (χ1n) is 11.8. The van der Waals surface area contributed by atoms with Gasteiger partial charge in [0.2, 0.25) is 0 Å². The van der Waals surface area contributed by atoms with Gasteiger partial charge in [-0.2, -0.15) is 0 Å².